The third kappa shape index (κ3) is 3.76. The zero-order valence-corrected chi connectivity index (χ0v) is 16.5. The maximum atomic E-state index is 12.8. The van der Waals surface area contributed by atoms with Gasteiger partial charge in [0, 0.05) is 42.1 Å². The number of benzene rings is 2. The number of hydrogen-bond donors (Lipinski definition) is 1. The third-order valence-electron chi connectivity index (χ3n) is 5.34. The van der Waals surface area contributed by atoms with Crippen molar-refractivity contribution in [1.82, 2.24) is 14.8 Å². The van der Waals surface area contributed by atoms with Gasteiger partial charge < -0.3 is 14.8 Å². The molecule has 1 fully saturated rings. The number of aryl methyl sites for hydroxylation is 1. The second-order valence-electron chi connectivity index (χ2n) is 7.19. The van der Waals surface area contributed by atoms with Gasteiger partial charge in [-0.25, -0.2) is 0 Å². The van der Waals surface area contributed by atoms with Gasteiger partial charge in [0.25, 0.3) is 5.91 Å². The lowest BCUT2D eigenvalue weighted by Crippen LogP contribution is -2.51. The summed E-state index contributed by atoms with van der Waals surface area (Å²) in [5.74, 6) is 0.0694. The van der Waals surface area contributed by atoms with E-state index in [-0.39, 0.29) is 11.8 Å². The number of aromatic nitrogens is 1. The predicted molar refractivity (Wildman–Crippen MR) is 111 cm³/mol. The van der Waals surface area contributed by atoms with Crippen LogP contribution in [0.15, 0.2) is 48.5 Å². The van der Waals surface area contributed by atoms with E-state index in [9.17, 15) is 9.59 Å². The number of rotatable bonds is 3. The molecule has 0 bridgehead atoms. The van der Waals surface area contributed by atoms with E-state index in [1.807, 2.05) is 54.3 Å². The Labute approximate surface area is 168 Å². The average Bonchev–Trinajstić information content (AvgIpc) is 3.12. The highest BCUT2D eigenvalue weighted by Gasteiger charge is 2.25. The highest BCUT2D eigenvalue weighted by molar-refractivity contribution is 6.31. The number of carbonyl (C=O) groups excluding carboxylic acids is 2. The van der Waals surface area contributed by atoms with E-state index >= 15 is 0 Å². The number of fused-ring (bicyclic) bond motifs is 1. The molecule has 1 saturated heterocycles. The summed E-state index contributed by atoms with van der Waals surface area (Å²) in [7, 11) is 0. The molecule has 144 valence electrons. The third-order valence-corrected chi connectivity index (χ3v) is 5.57. The Morgan fingerprint density at radius 1 is 1.00 bits per heavy atom. The Morgan fingerprint density at radius 2 is 1.71 bits per heavy atom. The molecule has 5 nitrogen and oxygen atoms in total. The molecule has 3 aromatic rings. The molecule has 0 aliphatic carbocycles. The van der Waals surface area contributed by atoms with Crippen molar-refractivity contribution in [2.75, 3.05) is 26.2 Å². The van der Waals surface area contributed by atoms with E-state index in [0.29, 0.717) is 43.3 Å². The van der Waals surface area contributed by atoms with Crippen LogP contribution in [0.3, 0.4) is 0 Å². The molecule has 1 aromatic heterocycles. The Balaban J connectivity index is 1.38. The van der Waals surface area contributed by atoms with E-state index in [0.717, 1.165) is 22.0 Å². The summed E-state index contributed by atoms with van der Waals surface area (Å²) in [5.41, 5.74) is 3.63. The summed E-state index contributed by atoms with van der Waals surface area (Å²) in [6.07, 6.45) is 0.406. The van der Waals surface area contributed by atoms with Crippen molar-refractivity contribution in [3.05, 3.63) is 70.4 Å². The summed E-state index contributed by atoms with van der Waals surface area (Å²) in [5, 5.41) is 1.56. The van der Waals surface area contributed by atoms with E-state index in [2.05, 4.69) is 4.98 Å². The average molecular weight is 396 g/mol. The minimum absolute atomic E-state index is 0.0432. The van der Waals surface area contributed by atoms with Gasteiger partial charge in [0.2, 0.25) is 5.91 Å². The van der Waals surface area contributed by atoms with Gasteiger partial charge >= 0.3 is 0 Å². The van der Waals surface area contributed by atoms with Crippen molar-refractivity contribution < 1.29 is 9.59 Å². The maximum Gasteiger partial charge on any atom is 0.270 e. The van der Waals surface area contributed by atoms with Crippen LogP contribution in [0, 0.1) is 6.92 Å². The fourth-order valence-corrected chi connectivity index (χ4v) is 3.81. The predicted octanol–water partition coefficient (Wildman–Crippen LogP) is 3.66. The number of nitrogens with one attached hydrogen (secondary N) is 1. The van der Waals surface area contributed by atoms with Crippen LogP contribution >= 0.6 is 11.6 Å². The molecular formula is C22H22ClN3O2. The lowest BCUT2D eigenvalue weighted by atomic mass is 10.1. The smallest absolute Gasteiger partial charge is 0.270 e. The van der Waals surface area contributed by atoms with Gasteiger partial charge in [-0.05, 0) is 42.3 Å². The first-order valence-electron chi connectivity index (χ1n) is 9.41. The van der Waals surface area contributed by atoms with Crippen LogP contribution in [0.1, 0.15) is 21.6 Å². The van der Waals surface area contributed by atoms with Crippen molar-refractivity contribution >= 4 is 34.3 Å². The summed E-state index contributed by atoms with van der Waals surface area (Å²) < 4.78 is 0. The zero-order valence-electron chi connectivity index (χ0n) is 15.7. The largest absolute Gasteiger partial charge is 0.351 e. The molecule has 0 saturated carbocycles. The Kier molecular flexibility index (Phi) is 5.09. The van der Waals surface area contributed by atoms with Crippen molar-refractivity contribution in [3.8, 4) is 0 Å². The normalized spacial score (nSPS) is 14.5. The molecule has 4 rings (SSSR count). The van der Waals surface area contributed by atoms with Crippen LogP contribution < -0.4 is 0 Å². The number of hydrogen-bond acceptors (Lipinski definition) is 2. The van der Waals surface area contributed by atoms with Gasteiger partial charge in [-0.1, -0.05) is 35.9 Å². The molecule has 1 aliphatic heterocycles. The Morgan fingerprint density at radius 3 is 2.46 bits per heavy atom. The van der Waals surface area contributed by atoms with Gasteiger partial charge in [0.1, 0.15) is 5.69 Å². The molecule has 6 heteroatoms. The van der Waals surface area contributed by atoms with Crippen LogP contribution in [0.2, 0.25) is 5.02 Å². The SMILES string of the molecule is Cc1ccccc1CC(=O)N1CCN(C(=O)c2cc3cc(Cl)ccc3[nH]2)CC1. The fourth-order valence-electron chi connectivity index (χ4n) is 3.63. The van der Waals surface area contributed by atoms with Crippen molar-refractivity contribution in [2.45, 2.75) is 13.3 Å². The van der Waals surface area contributed by atoms with Crippen molar-refractivity contribution in [3.63, 3.8) is 0 Å². The van der Waals surface area contributed by atoms with Gasteiger partial charge in [-0.2, -0.15) is 0 Å². The molecule has 1 N–H and O–H groups in total. The number of carbonyl (C=O) groups is 2. The van der Waals surface area contributed by atoms with Crippen LogP contribution in [-0.4, -0.2) is 52.8 Å². The van der Waals surface area contributed by atoms with E-state index in [1.165, 1.54) is 0 Å². The Bertz CT molecular complexity index is 1040. The van der Waals surface area contributed by atoms with Crippen LogP contribution in [0.4, 0.5) is 0 Å². The second-order valence-corrected chi connectivity index (χ2v) is 7.63. The molecule has 0 spiro atoms. The van der Waals surface area contributed by atoms with E-state index < -0.39 is 0 Å². The fraction of sp³-hybridized carbons (Fsp3) is 0.273. The standard InChI is InChI=1S/C22H22ClN3O2/c1-15-4-2-3-5-16(15)14-21(27)25-8-10-26(11-9-25)22(28)20-13-17-12-18(23)6-7-19(17)24-20/h2-7,12-13,24H,8-11,14H2,1H3. The molecule has 2 amide bonds. The van der Waals surface area contributed by atoms with Gasteiger partial charge in [-0.15, -0.1) is 0 Å². The number of aromatic amines is 1. The summed E-state index contributed by atoms with van der Waals surface area (Å²) in [6, 6.07) is 15.3. The van der Waals surface area contributed by atoms with Gasteiger partial charge in [0.15, 0.2) is 0 Å². The molecule has 0 atom stereocenters. The van der Waals surface area contributed by atoms with Gasteiger partial charge in [-0.3, -0.25) is 9.59 Å². The lowest BCUT2D eigenvalue weighted by molar-refractivity contribution is -0.131. The molecule has 0 radical (unpaired) electrons. The van der Waals surface area contributed by atoms with Gasteiger partial charge in [0.05, 0.1) is 6.42 Å². The summed E-state index contributed by atoms with van der Waals surface area (Å²) in [4.78, 5) is 32.3. The number of nitrogens with zero attached hydrogens (tertiary/aromatic N) is 2. The first-order chi connectivity index (χ1) is 13.5. The summed E-state index contributed by atoms with van der Waals surface area (Å²) >= 11 is 6.02. The van der Waals surface area contributed by atoms with Crippen LogP contribution in [-0.2, 0) is 11.2 Å². The second kappa shape index (κ2) is 7.68. The molecule has 0 unspecified atom stereocenters. The number of amides is 2. The first kappa shape index (κ1) is 18.6. The highest BCUT2D eigenvalue weighted by Crippen LogP contribution is 2.21. The van der Waals surface area contributed by atoms with E-state index in [4.69, 9.17) is 11.6 Å². The molecular weight excluding hydrogens is 374 g/mol. The number of H-pyrrole nitrogens is 1. The quantitative estimate of drug-likeness (QED) is 0.735. The van der Waals surface area contributed by atoms with Crippen molar-refractivity contribution in [1.29, 1.82) is 0 Å². The Hall–Kier alpha value is -2.79. The topological polar surface area (TPSA) is 56.4 Å². The summed E-state index contributed by atoms with van der Waals surface area (Å²) in [6.45, 7) is 4.21. The van der Waals surface area contributed by atoms with Crippen LogP contribution in [0.5, 0.6) is 0 Å². The van der Waals surface area contributed by atoms with Crippen molar-refractivity contribution in [2.24, 2.45) is 0 Å². The lowest BCUT2D eigenvalue weighted by Gasteiger charge is -2.34. The number of halogens is 1. The molecule has 1 aliphatic rings. The van der Waals surface area contributed by atoms with Crippen LogP contribution in [0.25, 0.3) is 10.9 Å². The zero-order chi connectivity index (χ0) is 19.7. The maximum absolute atomic E-state index is 12.8. The number of piperazine rings is 1. The molecule has 2 heterocycles. The van der Waals surface area contributed by atoms with E-state index in [1.54, 1.807) is 11.0 Å². The minimum atomic E-state index is -0.0432. The molecule has 2 aromatic carbocycles. The first-order valence-corrected chi connectivity index (χ1v) is 9.79. The molecule has 28 heavy (non-hydrogen) atoms. The minimum Gasteiger partial charge on any atom is -0.351 e. The highest BCUT2D eigenvalue weighted by atomic mass is 35.5. The monoisotopic (exact) mass is 395 g/mol.